The van der Waals surface area contributed by atoms with Crippen LogP contribution in [-0.4, -0.2) is 26.7 Å². The Bertz CT molecular complexity index is 644. The first-order valence-corrected chi connectivity index (χ1v) is 7.44. The normalized spacial score (nSPS) is 11.6. The number of methoxy groups -OCH3 is 2. The Labute approximate surface area is 136 Å². The van der Waals surface area contributed by atoms with Crippen molar-refractivity contribution >= 4 is 11.6 Å². The Kier molecular flexibility index (Phi) is 6.00. The fourth-order valence-corrected chi connectivity index (χ4v) is 2.22. The van der Waals surface area contributed by atoms with Crippen LogP contribution in [0.5, 0.6) is 11.5 Å². The summed E-state index contributed by atoms with van der Waals surface area (Å²) in [6.45, 7) is 2.25. The first-order valence-electron chi connectivity index (χ1n) is 7.44. The Morgan fingerprint density at radius 2 is 1.74 bits per heavy atom. The SMILES string of the molecule is COc1ccc(NC(=O)CN[C@@H](C)c2ccccc2)cc1OC. The van der Waals surface area contributed by atoms with Gasteiger partial charge < -0.3 is 20.1 Å². The van der Waals surface area contributed by atoms with Crippen molar-refractivity contribution in [2.45, 2.75) is 13.0 Å². The highest BCUT2D eigenvalue weighted by Gasteiger charge is 2.09. The quantitative estimate of drug-likeness (QED) is 0.825. The Balaban J connectivity index is 1.90. The van der Waals surface area contributed by atoms with Gasteiger partial charge in [0.15, 0.2) is 11.5 Å². The summed E-state index contributed by atoms with van der Waals surface area (Å²) < 4.78 is 10.4. The van der Waals surface area contributed by atoms with Gasteiger partial charge in [0.1, 0.15) is 0 Å². The van der Waals surface area contributed by atoms with Crippen LogP contribution >= 0.6 is 0 Å². The number of hydrogen-bond acceptors (Lipinski definition) is 4. The monoisotopic (exact) mass is 314 g/mol. The Morgan fingerprint density at radius 1 is 1.04 bits per heavy atom. The van der Waals surface area contributed by atoms with Crippen LogP contribution in [0.2, 0.25) is 0 Å². The summed E-state index contributed by atoms with van der Waals surface area (Å²) in [7, 11) is 3.14. The summed E-state index contributed by atoms with van der Waals surface area (Å²) in [6.07, 6.45) is 0. The van der Waals surface area contributed by atoms with E-state index in [4.69, 9.17) is 9.47 Å². The van der Waals surface area contributed by atoms with E-state index in [-0.39, 0.29) is 18.5 Å². The van der Waals surface area contributed by atoms with Crippen molar-refractivity contribution in [3.63, 3.8) is 0 Å². The summed E-state index contributed by atoms with van der Waals surface area (Å²) in [5, 5.41) is 6.04. The third-order valence-corrected chi connectivity index (χ3v) is 3.54. The molecule has 0 aromatic heterocycles. The molecule has 1 atom stereocenters. The van der Waals surface area contributed by atoms with Crippen LogP contribution < -0.4 is 20.1 Å². The first-order chi connectivity index (χ1) is 11.1. The molecule has 0 fully saturated rings. The minimum atomic E-state index is -0.111. The van der Waals surface area contributed by atoms with Crippen molar-refractivity contribution in [3.05, 3.63) is 54.1 Å². The van der Waals surface area contributed by atoms with Crippen molar-refractivity contribution < 1.29 is 14.3 Å². The third-order valence-electron chi connectivity index (χ3n) is 3.54. The van der Waals surface area contributed by atoms with Gasteiger partial charge in [-0.1, -0.05) is 30.3 Å². The number of nitrogens with one attached hydrogen (secondary N) is 2. The summed E-state index contributed by atoms with van der Waals surface area (Å²) in [6, 6.07) is 15.4. The number of ether oxygens (including phenoxy) is 2. The predicted molar refractivity (Wildman–Crippen MR) is 91.0 cm³/mol. The van der Waals surface area contributed by atoms with Crippen molar-refractivity contribution in [1.29, 1.82) is 0 Å². The van der Waals surface area contributed by atoms with Gasteiger partial charge in [-0.05, 0) is 24.6 Å². The molecule has 0 spiro atoms. The second kappa shape index (κ2) is 8.19. The number of carbonyl (C=O) groups excluding carboxylic acids is 1. The summed E-state index contributed by atoms with van der Waals surface area (Å²) in [5.74, 6) is 1.09. The molecule has 2 N–H and O–H groups in total. The number of rotatable bonds is 7. The molecule has 122 valence electrons. The molecule has 2 aromatic carbocycles. The molecule has 5 nitrogen and oxygen atoms in total. The van der Waals surface area contributed by atoms with Crippen molar-refractivity contribution in [1.82, 2.24) is 5.32 Å². The average molecular weight is 314 g/mol. The van der Waals surface area contributed by atoms with Gasteiger partial charge in [0.05, 0.1) is 20.8 Å². The molecule has 0 radical (unpaired) electrons. The number of hydrogen-bond donors (Lipinski definition) is 2. The minimum Gasteiger partial charge on any atom is -0.493 e. The molecule has 0 saturated carbocycles. The molecule has 0 aliphatic carbocycles. The number of carbonyl (C=O) groups is 1. The molecule has 0 saturated heterocycles. The highest BCUT2D eigenvalue weighted by molar-refractivity contribution is 5.92. The zero-order chi connectivity index (χ0) is 16.7. The molecule has 5 heteroatoms. The van der Waals surface area contributed by atoms with E-state index in [0.717, 1.165) is 5.56 Å². The predicted octanol–water partition coefficient (Wildman–Crippen LogP) is 2.99. The lowest BCUT2D eigenvalue weighted by molar-refractivity contribution is -0.115. The molecule has 1 amide bonds. The van der Waals surface area contributed by atoms with Crippen LogP contribution in [0.4, 0.5) is 5.69 Å². The van der Waals surface area contributed by atoms with Crippen molar-refractivity contribution in [3.8, 4) is 11.5 Å². The second-order valence-electron chi connectivity index (χ2n) is 5.13. The molecule has 0 aliphatic heterocycles. The second-order valence-corrected chi connectivity index (χ2v) is 5.13. The van der Waals surface area contributed by atoms with Crippen LogP contribution in [0.1, 0.15) is 18.5 Å². The van der Waals surface area contributed by atoms with Gasteiger partial charge >= 0.3 is 0 Å². The molecule has 0 aliphatic rings. The number of benzene rings is 2. The van der Waals surface area contributed by atoms with E-state index in [1.165, 1.54) is 0 Å². The van der Waals surface area contributed by atoms with Crippen molar-refractivity contribution in [2.24, 2.45) is 0 Å². The van der Waals surface area contributed by atoms with Crippen LogP contribution in [0.3, 0.4) is 0 Å². The molecule has 2 aromatic rings. The summed E-state index contributed by atoms with van der Waals surface area (Å²) in [4.78, 5) is 12.1. The van der Waals surface area contributed by atoms with Crippen molar-refractivity contribution in [2.75, 3.05) is 26.1 Å². The van der Waals surface area contributed by atoms with Gasteiger partial charge in [0, 0.05) is 17.8 Å². The molecular weight excluding hydrogens is 292 g/mol. The van der Waals surface area contributed by atoms with Gasteiger partial charge in [-0.25, -0.2) is 0 Å². The molecule has 0 bridgehead atoms. The molecular formula is C18H22N2O3. The molecule has 2 rings (SSSR count). The van der Waals surface area contributed by atoms with E-state index in [0.29, 0.717) is 17.2 Å². The lowest BCUT2D eigenvalue weighted by Crippen LogP contribution is -2.30. The van der Waals surface area contributed by atoms with Gasteiger partial charge in [-0.2, -0.15) is 0 Å². The molecule has 0 heterocycles. The minimum absolute atomic E-state index is 0.104. The van der Waals surface area contributed by atoms with Crippen LogP contribution in [0.25, 0.3) is 0 Å². The molecule has 0 unspecified atom stereocenters. The molecule has 23 heavy (non-hydrogen) atoms. The zero-order valence-corrected chi connectivity index (χ0v) is 13.6. The fraction of sp³-hybridized carbons (Fsp3) is 0.278. The summed E-state index contributed by atoms with van der Waals surface area (Å²) in [5.41, 5.74) is 1.81. The Morgan fingerprint density at radius 3 is 2.39 bits per heavy atom. The lowest BCUT2D eigenvalue weighted by atomic mass is 10.1. The highest BCUT2D eigenvalue weighted by atomic mass is 16.5. The van der Waals surface area contributed by atoms with Gasteiger partial charge in [-0.3, -0.25) is 4.79 Å². The van der Waals surface area contributed by atoms with Gasteiger partial charge in [0.2, 0.25) is 5.91 Å². The standard InChI is InChI=1S/C18H22N2O3/c1-13(14-7-5-4-6-8-14)19-12-18(21)20-15-9-10-16(22-2)17(11-15)23-3/h4-11,13,19H,12H2,1-3H3,(H,20,21)/t13-/m0/s1. The summed E-state index contributed by atoms with van der Waals surface area (Å²) >= 11 is 0. The van der Waals surface area contributed by atoms with Gasteiger partial charge in [-0.15, -0.1) is 0 Å². The zero-order valence-electron chi connectivity index (χ0n) is 13.6. The van der Waals surface area contributed by atoms with Gasteiger partial charge in [0.25, 0.3) is 0 Å². The Hall–Kier alpha value is -2.53. The van der Waals surface area contributed by atoms with E-state index in [1.54, 1.807) is 32.4 Å². The topological polar surface area (TPSA) is 59.6 Å². The largest absolute Gasteiger partial charge is 0.493 e. The highest BCUT2D eigenvalue weighted by Crippen LogP contribution is 2.29. The maximum absolute atomic E-state index is 12.1. The maximum Gasteiger partial charge on any atom is 0.238 e. The van der Waals surface area contributed by atoms with E-state index < -0.39 is 0 Å². The lowest BCUT2D eigenvalue weighted by Gasteiger charge is -2.14. The maximum atomic E-state index is 12.1. The average Bonchev–Trinajstić information content (AvgIpc) is 2.60. The van der Waals surface area contributed by atoms with Crippen LogP contribution in [-0.2, 0) is 4.79 Å². The number of amides is 1. The fourth-order valence-electron chi connectivity index (χ4n) is 2.22. The third kappa shape index (κ3) is 4.72. The van der Waals surface area contributed by atoms with E-state index in [9.17, 15) is 4.79 Å². The smallest absolute Gasteiger partial charge is 0.238 e. The first kappa shape index (κ1) is 16.8. The van der Waals surface area contributed by atoms with E-state index >= 15 is 0 Å². The van der Waals surface area contributed by atoms with Crippen LogP contribution in [0, 0.1) is 0 Å². The number of anilines is 1. The van der Waals surface area contributed by atoms with E-state index in [1.807, 2.05) is 37.3 Å². The van der Waals surface area contributed by atoms with E-state index in [2.05, 4.69) is 10.6 Å². The van der Waals surface area contributed by atoms with Crippen LogP contribution in [0.15, 0.2) is 48.5 Å².